The van der Waals surface area contributed by atoms with Crippen LogP contribution in [-0.2, 0) is 16.6 Å². The second kappa shape index (κ2) is 9.41. The summed E-state index contributed by atoms with van der Waals surface area (Å²) in [5.41, 5.74) is 0.340. The molecule has 0 aliphatic carbocycles. The zero-order valence-electron chi connectivity index (χ0n) is 18.9. The first-order chi connectivity index (χ1) is 14.7. The molecule has 3 rings (SSSR count). The molecule has 0 unspecified atom stereocenters. The van der Waals surface area contributed by atoms with E-state index in [9.17, 15) is 9.59 Å². The fourth-order valence-corrected chi connectivity index (χ4v) is 3.69. The average molecular weight is 429 g/mol. The van der Waals surface area contributed by atoms with Gasteiger partial charge in [-0.25, -0.2) is 9.78 Å². The number of hydrogen-bond donors (Lipinski definition) is 1. The second-order valence-electron chi connectivity index (χ2n) is 8.88. The Morgan fingerprint density at radius 3 is 2.52 bits per heavy atom. The van der Waals surface area contributed by atoms with Crippen molar-refractivity contribution >= 4 is 12.0 Å². The summed E-state index contributed by atoms with van der Waals surface area (Å²) in [7, 11) is 3.52. The van der Waals surface area contributed by atoms with Gasteiger partial charge in [0.2, 0.25) is 5.91 Å². The maximum atomic E-state index is 13.2. The molecule has 2 atom stereocenters. The Bertz CT molecular complexity index is 901. The van der Waals surface area contributed by atoms with E-state index in [-0.39, 0.29) is 17.9 Å². The van der Waals surface area contributed by atoms with E-state index in [1.807, 2.05) is 62.8 Å². The first-order valence-electron chi connectivity index (χ1n) is 10.6. The van der Waals surface area contributed by atoms with Crippen LogP contribution in [-0.4, -0.2) is 52.3 Å². The van der Waals surface area contributed by atoms with Crippen molar-refractivity contribution in [1.82, 2.24) is 19.8 Å². The lowest BCUT2D eigenvalue weighted by Gasteiger charge is -2.34. The van der Waals surface area contributed by atoms with Gasteiger partial charge in [-0.1, -0.05) is 12.1 Å². The summed E-state index contributed by atoms with van der Waals surface area (Å²) in [6.07, 6.45) is 4.67. The number of benzene rings is 1. The summed E-state index contributed by atoms with van der Waals surface area (Å²) in [6.45, 7) is 6.46. The number of rotatable bonds is 5. The maximum absolute atomic E-state index is 13.2. The molecule has 8 nitrogen and oxygen atoms in total. The molecule has 1 saturated heterocycles. The molecule has 0 saturated carbocycles. The van der Waals surface area contributed by atoms with Crippen molar-refractivity contribution in [3.8, 4) is 5.75 Å². The number of methoxy groups -OCH3 is 1. The first-order valence-corrected chi connectivity index (χ1v) is 10.6. The third kappa shape index (κ3) is 5.77. The molecule has 1 fully saturated rings. The molecule has 2 heterocycles. The van der Waals surface area contributed by atoms with E-state index in [1.54, 1.807) is 18.2 Å². The van der Waals surface area contributed by atoms with Crippen LogP contribution < -0.4 is 10.1 Å². The van der Waals surface area contributed by atoms with Crippen LogP contribution in [0.2, 0.25) is 0 Å². The molecule has 1 aromatic heterocycles. The normalized spacial score (nSPS) is 17.7. The summed E-state index contributed by atoms with van der Waals surface area (Å²) in [5, 5.41) is 3.15. The Morgan fingerprint density at radius 1 is 1.23 bits per heavy atom. The predicted molar refractivity (Wildman–Crippen MR) is 117 cm³/mol. The average Bonchev–Trinajstić information content (AvgIpc) is 3.16. The van der Waals surface area contributed by atoms with Gasteiger partial charge >= 0.3 is 6.09 Å². The van der Waals surface area contributed by atoms with Crippen LogP contribution in [0.4, 0.5) is 4.79 Å². The standard InChI is InChI=1S/C23H32N4O4/c1-23(2,3)31-22(29)27-13-6-7-17(15-27)21(28)25-19(20-24-12-14-26(20)4)16-8-10-18(30-5)11-9-16/h8-12,14,17,19H,6-7,13,15H2,1-5H3,(H,25,28)/t17-,19-/m1/s1. The van der Waals surface area contributed by atoms with Crippen LogP contribution in [0.25, 0.3) is 0 Å². The first kappa shape index (κ1) is 22.7. The van der Waals surface area contributed by atoms with Gasteiger partial charge in [0, 0.05) is 32.5 Å². The number of carbonyl (C=O) groups excluding carboxylic acids is 2. The van der Waals surface area contributed by atoms with E-state index in [4.69, 9.17) is 9.47 Å². The Balaban J connectivity index is 1.75. The number of likely N-dealkylation sites (tertiary alicyclic amines) is 1. The highest BCUT2D eigenvalue weighted by Crippen LogP contribution is 2.25. The van der Waals surface area contributed by atoms with E-state index in [2.05, 4.69) is 10.3 Å². The van der Waals surface area contributed by atoms with Gasteiger partial charge in [0.05, 0.1) is 13.0 Å². The number of piperidine rings is 1. The molecular formula is C23H32N4O4. The van der Waals surface area contributed by atoms with Gasteiger partial charge in [-0.15, -0.1) is 0 Å². The van der Waals surface area contributed by atoms with E-state index in [0.29, 0.717) is 13.1 Å². The Morgan fingerprint density at radius 2 is 1.94 bits per heavy atom. The molecule has 0 bridgehead atoms. The monoisotopic (exact) mass is 428 g/mol. The topological polar surface area (TPSA) is 85.7 Å². The SMILES string of the molecule is COc1ccc([C@@H](NC(=O)[C@@H]2CCCN(C(=O)OC(C)(C)C)C2)c2nccn2C)cc1. The smallest absolute Gasteiger partial charge is 0.410 e. The van der Waals surface area contributed by atoms with E-state index >= 15 is 0 Å². The van der Waals surface area contributed by atoms with Gasteiger partial charge in [-0.2, -0.15) is 0 Å². The van der Waals surface area contributed by atoms with Gasteiger partial charge in [-0.3, -0.25) is 4.79 Å². The van der Waals surface area contributed by atoms with E-state index < -0.39 is 11.6 Å². The molecule has 2 aromatic rings. The molecule has 1 aliphatic heterocycles. The zero-order valence-corrected chi connectivity index (χ0v) is 18.9. The number of ether oxygens (including phenoxy) is 2. The highest BCUT2D eigenvalue weighted by atomic mass is 16.6. The minimum Gasteiger partial charge on any atom is -0.497 e. The fourth-order valence-electron chi connectivity index (χ4n) is 3.69. The number of aromatic nitrogens is 2. The van der Waals surface area contributed by atoms with Crippen molar-refractivity contribution < 1.29 is 19.1 Å². The van der Waals surface area contributed by atoms with Crippen molar-refractivity contribution in [3.05, 3.63) is 48.0 Å². The van der Waals surface area contributed by atoms with Crippen molar-refractivity contribution in [3.63, 3.8) is 0 Å². The van der Waals surface area contributed by atoms with Crippen LogP contribution in [0, 0.1) is 5.92 Å². The predicted octanol–water partition coefficient (Wildman–Crippen LogP) is 3.28. The summed E-state index contributed by atoms with van der Waals surface area (Å²) in [4.78, 5) is 31.8. The lowest BCUT2D eigenvalue weighted by Crippen LogP contribution is -2.47. The highest BCUT2D eigenvalue weighted by Gasteiger charge is 2.32. The third-order valence-electron chi connectivity index (χ3n) is 5.30. The van der Waals surface area contributed by atoms with Gasteiger partial charge in [-0.05, 0) is 51.3 Å². The van der Waals surface area contributed by atoms with Crippen molar-refractivity contribution in [2.45, 2.75) is 45.3 Å². The number of aryl methyl sites for hydroxylation is 1. The molecule has 8 heteroatoms. The molecule has 2 amide bonds. The van der Waals surface area contributed by atoms with Gasteiger partial charge in [0.15, 0.2) is 0 Å². The number of hydrogen-bond acceptors (Lipinski definition) is 5. The van der Waals surface area contributed by atoms with Crippen LogP contribution >= 0.6 is 0 Å². The van der Waals surface area contributed by atoms with E-state index in [1.165, 1.54) is 0 Å². The summed E-state index contributed by atoms with van der Waals surface area (Å²) in [5.74, 6) is 1.08. The van der Waals surface area contributed by atoms with Crippen molar-refractivity contribution in [2.24, 2.45) is 13.0 Å². The molecule has 168 valence electrons. The van der Waals surface area contributed by atoms with Crippen LogP contribution in [0.15, 0.2) is 36.7 Å². The third-order valence-corrected chi connectivity index (χ3v) is 5.30. The molecule has 0 radical (unpaired) electrons. The van der Waals surface area contributed by atoms with Gasteiger partial charge in [0.25, 0.3) is 0 Å². The lowest BCUT2D eigenvalue weighted by atomic mass is 9.96. The summed E-state index contributed by atoms with van der Waals surface area (Å²) >= 11 is 0. The number of carbonyl (C=O) groups is 2. The van der Waals surface area contributed by atoms with Crippen LogP contribution in [0.1, 0.15) is 51.0 Å². The largest absolute Gasteiger partial charge is 0.497 e. The number of nitrogens with one attached hydrogen (secondary N) is 1. The minimum atomic E-state index is -0.566. The molecule has 0 spiro atoms. The summed E-state index contributed by atoms with van der Waals surface area (Å²) < 4.78 is 12.6. The van der Waals surface area contributed by atoms with Gasteiger partial charge < -0.3 is 24.3 Å². The lowest BCUT2D eigenvalue weighted by molar-refractivity contribution is -0.127. The zero-order chi connectivity index (χ0) is 22.6. The highest BCUT2D eigenvalue weighted by molar-refractivity contribution is 5.80. The van der Waals surface area contributed by atoms with Gasteiger partial charge in [0.1, 0.15) is 23.2 Å². The minimum absolute atomic E-state index is 0.0999. The molecule has 1 aliphatic rings. The van der Waals surface area contributed by atoms with Crippen LogP contribution in [0.5, 0.6) is 5.75 Å². The Kier molecular flexibility index (Phi) is 6.87. The van der Waals surface area contributed by atoms with Crippen molar-refractivity contribution in [1.29, 1.82) is 0 Å². The molecule has 1 aromatic carbocycles. The second-order valence-corrected chi connectivity index (χ2v) is 8.88. The van der Waals surface area contributed by atoms with E-state index in [0.717, 1.165) is 30.0 Å². The van der Waals surface area contributed by atoms with Crippen LogP contribution in [0.3, 0.4) is 0 Å². The number of nitrogens with zero attached hydrogens (tertiary/aromatic N) is 3. The Labute approximate surface area is 183 Å². The fraction of sp³-hybridized carbons (Fsp3) is 0.522. The number of amides is 2. The number of imidazole rings is 1. The molecular weight excluding hydrogens is 396 g/mol. The molecule has 31 heavy (non-hydrogen) atoms. The van der Waals surface area contributed by atoms with Crippen molar-refractivity contribution in [2.75, 3.05) is 20.2 Å². The quantitative estimate of drug-likeness (QED) is 0.790. The Hall–Kier alpha value is -3.03. The maximum Gasteiger partial charge on any atom is 0.410 e. The summed E-state index contributed by atoms with van der Waals surface area (Å²) in [6, 6.07) is 7.17. The molecule has 1 N–H and O–H groups in total.